The molecule has 4 atom stereocenters. The highest BCUT2D eigenvalue weighted by atomic mass is 35.5. The second kappa shape index (κ2) is 7.51. The third kappa shape index (κ3) is 4.06. The molecule has 5 nitrogen and oxygen atoms in total. The minimum absolute atomic E-state index is 0.189. The van der Waals surface area contributed by atoms with Crippen LogP contribution in [0.4, 0.5) is 0 Å². The lowest BCUT2D eigenvalue weighted by Crippen LogP contribution is -2.60. The average molecular weight is 350 g/mol. The molecule has 3 rings (SSSR count). The fourth-order valence-corrected chi connectivity index (χ4v) is 2.74. The first-order valence-electron chi connectivity index (χ1n) is 7.66. The Bertz CT molecular complexity index is 675. The maximum atomic E-state index is 11.8. The van der Waals surface area contributed by atoms with Crippen molar-refractivity contribution in [1.29, 1.82) is 0 Å². The van der Waals surface area contributed by atoms with Crippen LogP contribution in [0.15, 0.2) is 48.5 Å². The summed E-state index contributed by atoms with van der Waals surface area (Å²) in [6.07, 6.45) is -4.41. The molecule has 0 saturated carbocycles. The zero-order valence-electron chi connectivity index (χ0n) is 12.8. The molecule has 0 unspecified atom stereocenters. The highest BCUT2D eigenvalue weighted by molar-refractivity contribution is 6.30. The van der Waals surface area contributed by atoms with E-state index in [2.05, 4.69) is 0 Å². The summed E-state index contributed by atoms with van der Waals surface area (Å²) in [6.45, 7) is -0.189. The molecule has 6 heteroatoms. The van der Waals surface area contributed by atoms with Gasteiger partial charge in [0.2, 0.25) is 0 Å². The molecule has 1 aliphatic rings. The van der Waals surface area contributed by atoms with Gasteiger partial charge in [0.1, 0.15) is 24.1 Å². The van der Waals surface area contributed by atoms with Crippen LogP contribution in [0.5, 0.6) is 5.75 Å². The summed E-state index contributed by atoms with van der Waals surface area (Å²) in [6, 6.07) is 14.8. The topological polar surface area (TPSA) is 82.0 Å². The maximum Gasteiger partial charge on any atom is 0.138 e. The van der Waals surface area contributed by atoms with Crippen molar-refractivity contribution < 1.29 is 24.8 Å². The van der Waals surface area contributed by atoms with Crippen LogP contribution in [0.25, 0.3) is 0 Å². The Morgan fingerprint density at radius 3 is 2.62 bits per heavy atom. The quantitative estimate of drug-likeness (QED) is 0.864. The van der Waals surface area contributed by atoms with E-state index in [0.29, 0.717) is 17.2 Å². The minimum atomic E-state index is -1.54. The summed E-state index contributed by atoms with van der Waals surface area (Å²) in [4.78, 5) is 0. The summed E-state index contributed by atoms with van der Waals surface area (Å²) >= 11 is 5.88. The predicted molar refractivity (Wildman–Crippen MR) is 86.9 cm³/mol. The van der Waals surface area contributed by atoms with Crippen LogP contribution >= 0.6 is 11.6 Å². The molecule has 1 aliphatic heterocycles. The molecule has 0 aromatic heterocycles. The van der Waals surface area contributed by atoms with Gasteiger partial charge in [0.15, 0.2) is 0 Å². The molecule has 1 heterocycles. The van der Waals surface area contributed by atoms with Gasteiger partial charge in [-0.15, -0.1) is 0 Å². The molecule has 0 bridgehead atoms. The van der Waals surface area contributed by atoms with E-state index in [-0.39, 0.29) is 6.61 Å². The molecule has 1 saturated heterocycles. The summed E-state index contributed by atoms with van der Waals surface area (Å²) < 4.78 is 10.5. The van der Waals surface area contributed by atoms with Gasteiger partial charge < -0.3 is 24.8 Å². The molecule has 128 valence electrons. The lowest BCUT2D eigenvalue weighted by Gasteiger charge is -2.41. The molecule has 0 aliphatic carbocycles. The van der Waals surface area contributed by atoms with Gasteiger partial charge in [-0.25, -0.2) is 0 Å². The summed E-state index contributed by atoms with van der Waals surface area (Å²) in [5.74, 6) is 0.448. The zero-order valence-corrected chi connectivity index (χ0v) is 13.6. The van der Waals surface area contributed by atoms with Crippen molar-refractivity contribution >= 4 is 11.6 Å². The second-order valence-electron chi connectivity index (χ2n) is 5.79. The van der Waals surface area contributed by atoms with E-state index in [9.17, 15) is 15.3 Å². The Hall–Kier alpha value is -1.63. The highest BCUT2D eigenvalue weighted by Crippen LogP contribution is 2.22. The molecule has 2 N–H and O–H groups in total. The minimum Gasteiger partial charge on any atom is -0.828 e. The third-order valence-corrected chi connectivity index (χ3v) is 4.17. The average Bonchev–Trinajstić information content (AvgIpc) is 2.58. The number of aliphatic hydroxyl groups excluding tert-OH is 2. The summed E-state index contributed by atoms with van der Waals surface area (Å²) in [7, 11) is 0. The van der Waals surface area contributed by atoms with E-state index in [4.69, 9.17) is 21.1 Å². The molecule has 2 aromatic rings. The van der Waals surface area contributed by atoms with Crippen LogP contribution in [0, 0.1) is 0 Å². The number of hydrogen-bond acceptors (Lipinski definition) is 5. The molecular weight excluding hydrogens is 332 g/mol. The largest absolute Gasteiger partial charge is 0.828 e. The fourth-order valence-electron chi connectivity index (χ4n) is 2.62. The Morgan fingerprint density at radius 2 is 1.88 bits per heavy atom. The van der Waals surface area contributed by atoms with Crippen LogP contribution in [0.1, 0.15) is 11.1 Å². The Morgan fingerprint density at radius 1 is 1.12 bits per heavy atom. The normalized spacial score (nSPS) is 27.0. The van der Waals surface area contributed by atoms with Crippen molar-refractivity contribution in [2.75, 3.05) is 6.61 Å². The van der Waals surface area contributed by atoms with Crippen LogP contribution < -0.4 is 9.84 Å². The molecule has 0 amide bonds. The number of rotatable bonds is 4. The highest BCUT2D eigenvalue weighted by Gasteiger charge is 2.35. The van der Waals surface area contributed by atoms with Crippen molar-refractivity contribution in [2.24, 2.45) is 0 Å². The van der Waals surface area contributed by atoms with Crippen LogP contribution in [-0.4, -0.2) is 41.4 Å². The number of benzene rings is 2. The number of halogens is 1. The first-order valence-corrected chi connectivity index (χ1v) is 8.04. The van der Waals surface area contributed by atoms with Gasteiger partial charge in [0.05, 0.1) is 6.61 Å². The Kier molecular flexibility index (Phi) is 5.38. The summed E-state index contributed by atoms with van der Waals surface area (Å²) in [5.41, 5.74) is 2.08. The van der Waals surface area contributed by atoms with E-state index in [0.717, 1.165) is 11.1 Å². The molecule has 0 spiro atoms. The van der Waals surface area contributed by atoms with Gasteiger partial charge >= 0.3 is 0 Å². The Labute approximate surface area is 145 Å². The van der Waals surface area contributed by atoms with Crippen LogP contribution in [0.2, 0.25) is 5.02 Å². The van der Waals surface area contributed by atoms with E-state index < -0.39 is 24.6 Å². The molecular formula is C18H18ClO5-. The van der Waals surface area contributed by atoms with Gasteiger partial charge in [0.25, 0.3) is 0 Å². The zero-order chi connectivity index (χ0) is 17.1. The van der Waals surface area contributed by atoms with Gasteiger partial charge in [-0.1, -0.05) is 35.9 Å². The molecule has 24 heavy (non-hydrogen) atoms. The maximum absolute atomic E-state index is 11.8. The Balaban J connectivity index is 1.71. The molecule has 2 aromatic carbocycles. The smallest absolute Gasteiger partial charge is 0.138 e. The van der Waals surface area contributed by atoms with Crippen molar-refractivity contribution in [3.63, 3.8) is 0 Å². The van der Waals surface area contributed by atoms with Gasteiger partial charge in [-0.2, -0.15) is 0 Å². The predicted octanol–water partition coefficient (Wildman–Crippen LogP) is 1.12. The van der Waals surface area contributed by atoms with Crippen molar-refractivity contribution in [3.05, 3.63) is 64.7 Å². The van der Waals surface area contributed by atoms with Gasteiger partial charge in [-0.05, 0) is 41.8 Å². The number of ether oxygens (including phenoxy) is 2. The first kappa shape index (κ1) is 17.2. The monoisotopic (exact) mass is 349 g/mol. The van der Waals surface area contributed by atoms with E-state index >= 15 is 0 Å². The first-order chi connectivity index (χ1) is 11.5. The lowest BCUT2D eigenvalue weighted by atomic mass is 10.0. The third-order valence-electron chi connectivity index (χ3n) is 3.92. The van der Waals surface area contributed by atoms with E-state index in [1.165, 1.54) is 0 Å². The van der Waals surface area contributed by atoms with E-state index in [1.54, 1.807) is 12.1 Å². The molecule has 1 fully saturated rings. The number of aliphatic hydroxyl groups is 2. The lowest BCUT2D eigenvalue weighted by molar-refractivity contribution is -0.521. The van der Waals surface area contributed by atoms with Gasteiger partial charge in [-0.3, -0.25) is 0 Å². The summed E-state index contributed by atoms with van der Waals surface area (Å²) in [5, 5.41) is 32.0. The second-order valence-corrected chi connectivity index (χ2v) is 6.23. The fraction of sp³-hybridized carbons (Fsp3) is 0.333. The SMILES string of the molecule is [O-][C@@H]1OC[C@@H](O)[C@H](O)[C@H]1Oc1cccc(Cc2ccc(Cl)cc2)c1. The van der Waals surface area contributed by atoms with Crippen LogP contribution in [-0.2, 0) is 11.2 Å². The molecule has 0 radical (unpaired) electrons. The van der Waals surface area contributed by atoms with E-state index in [1.807, 2.05) is 36.4 Å². The van der Waals surface area contributed by atoms with Crippen molar-refractivity contribution in [1.82, 2.24) is 0 Å². The van der Waals surface area contributed by atoms with Crippen LogP contribution in [0.3, 0.4) is 0 Å². The van der Waals surface area contributed by atoms with Crippen molar-refractivity contribution in [2.45, 2.75) is 31.0 Å². The van der Waals surface area contributed by atoms with Crippen molar-refractivity contribution in [3.8, 4) is 5.75 Å². The van der Waals surface area contributed by atoms with Gasteiger partial charge in [0, 0.05) is 11.3 Å². The number of hydrogen-bond donors (Lipinski definition) is 2. The standard InChI is InChI=1S/C18H18ClO5/c19-13-6-4-11(5-7-13)8-12-2-1-3-14(9-12)24-17-16(21)15(20)10-23-18(17)22/h1-7,9,15-18,20-21H,8,10H2/q-1/t15-,16+,17-,18-/m1/s1.